The van der Waals surface area contributed by atoms with Gasteiger partial charge in [0.25, 0.3) is 0 Å². The molecule has 1 aromatic rings. The SMILES string of the molecule is CN(C)c1ccc(CNC(=O)CC2CCCN2)cc1. The van der Waals surface area contributed by atoms with Crippen LogP contribution in [0.4, 0.5) is 5.69 Å². The molecular formula is C15H23N3O. The minimum Gasteiger partial charge on any atom is -0.378 e. The fraction of sp³-hybridized carbons (Fsp3) is 0.533. The Morgan fingerprint density at radius 3 is 2.68 bits per heavy atom. The van der Waals surface area contributed by atoms with Crippen molar-refractivity contribution in [2.45, 2.75) is 31.8 Å². The molecule has 2 N–H and O–H groups in total. The maximum Gasteiger partial charge on any atom is 0.221 e. The van der Waals surface area contributed by atoms with Gasteiger partial charge in [-0.3, -0.25) is 4.79 Å². The Hall–Kier alpha value is -1.55. The normalized spacial score (nSPS) is 18.3. The third-order valence-corrected chi connectivity index (χ3v) is 3.54. The molecule has 0 bridgehead atoms. The summed E-state index contributed by atoms with van der Waals surface area (Å²) in [6.07, 6.45) is 2.89. The van der Waals surface area contributed by atoms with Crippen LogP contribution in [-0.4, -0.2) is 32.6 Å². The number of benzene rings is 1. The maximum absolute atomic E-state index is 11.8. The predicted molar refractivity (Wildman–Crippen MR) is 78.3 cm³/mol. The zero-order valence-electron chi connectivity index (χ0n) is 11.8. The standard InChI is InChI=1S/C15H23N3O/c1-18(2)14-7-5-12(6-8-14)11-17-15(19)10-13-4-3-9-16-13/h5-8,13,16H,3-4,9-11H2,1-2H3,(H,17,19). The monoisotopic (exact) mass is 261 g/mol. The van der Waals surface area contributed by atoms with Crippen molar-refractivity contribution in [3.8, 4) is 0 Å². The molecule has 4 nitrogen and oxygen atoms in total. The largest absolute Gasteiger partial charge is 0.378 e. The highest BCUT2D eigenvalue weighted by Gasteiger charge is 2.17. The smallest absolute Gasteiger partial charge is 0.221 e. The van der Waals surface area contributed by atoms with Crippen LogP contribution in [-0.2, 0) is 11.3 Å². The van der Waals surface area contributed by atoms with Crippen LogP contribution in [0.1, 0.15) is 24.8 Å². The molecule has 4 heteroatoms. The Bertz CT molecular complexity index is 408. The molecule has 19 heavy (non-hydrogen) atoms. The van der Waals surface area contributed by atoms with Crippen LogP contribution < -0.4 is 15.5 Å². The molecule has 2 rings (SSSR count). The molecule has 0 saturated carbocycles. The van der Waals surface area contributed by atoms with Gasteiger partial charge in [-0.25, -0.2) is 0 Å². The Labute approximate surface area is 115 Å². The van der Waals surface area contributed by atoms with Gasteiger partial charge >= 0.3 is 0 Å². The van der Waals surface area contributed by atoms with E-state index in [0.29, 0.717) is 19.0 Å². The maximum atomic E-state index is 11.8. The van der Waals surface area contributed by atoms with Crippen LogP contribution in [0.25, 0.3) is 0 Å². The van der Waals surface area contributed by atoms with Gasteiger partial charge in [0, 0.05) is 38.8 Å². The number of hydrogen-bond acceptors (Lipinski definition) is 3. The average Bonchev–Trinajstić information content (AvgIpc) is 2.89. The van der Waals surface area contributed by atoms with Gasteiger partial charge < -0.3 is 15.5 Å². The molecule has 1 saturated heterocycles. The van der Waals surface area contributed by atoms with Crippen molar-refractivity contribution < 1.29 is 4.79 Å². The van der Waals surface area contributed by atoms with Crippen molar-refractivity contribution in [3.63, 3.8) is 0 Å². The summed E-state index contributed by atoms with van der Waals surface area (Å²) < 4.78 is 0. The highest BCUT2D eigenvalue weighted by Crippen LogP contribution is 2.12. The van der Waals surface area contributed by atoms with Crippen molar-refractivity contribution in [2.24, 2.45) is 0 Å². The first-order chi connectivity index (χ1) is 9.15. The van der Waals surface area contributed by atoms with E-state index in [2.05, 4.69) is 39.8 Å². The zero-order chi connectivity index (χ0) is 13.7. The summed E-state index contributed by atoms with van der Waals surface area (Å²) in [4.78, 5) is 13.9. The van der Waals surface area contributed by atoms with Gasteiger partial charge in [-0.1, -0.05) is 12.1 Å². The number of carbonyl (C=O) groups is 1. The Kier molecular flexibility index (Phi) is 4.80. The third kappa shape index (κ3) is 4.24. The summed E-state index contributed by atoms with van der Waals surface area (Å²) >= 11 is 0. The predicted octanol–water partition coefficient (Wildman–Crippen LogP) is 1.51. The summed E-state index contributed by atoms with van der Waals surface area (Å²) in [5, 5.41) is 6.32. The van der Waals surface area contributed by atoms with E-state index >= 15 is 0 Å². The molecule has 1 fully saturated rings. The van der Waals surface area contributed by atoms with Gasteiger partial charge in [0.1, 0.15) is 0 Å². The van der Waals surface area contributed by atoms with Crippen LogP contribution in [0.3, 0.4) is 0 Å². The molecule has 0 spiro atoms. The van der Waals surface area contributed by atoms with Crippen LogP contribution in [0.5, 0.6) is 0 Å². The molecule has 0 radical (unpaired) electrons. The van der Waals surface area contributed by atoms with E-state index in [1.807, 2.05) is 14.1 Å². The van der Waals surface area contributed by atoms with Gasteiger partial charge in [0.15, 0.2) is 0 Å². The molecule has 1 aliphatic heterocycles. The number of nitrogens with zero attached hydrogens (tertiary/aromatic N) is 1. The molecule has 1 atom stereocenters. The molecule has 104 valence electrons. The first-order valence-electron chi connectivity index (χ1n) is 6.91. The molecule has 1 aliphatic rings. The van der Waals surface area contributed by atoms with Gasteiger partial charge in [-0.05, 0) is 37.1 Å². The highest BCUT2D eigenvalue weighted by atomic mass is 16.1. The van der Waals surface area contributed by atoms with E-state index in [-0.39, 0.29) is 5.91 Å². The lowest BCUT2D eigenvalue weighted by Gasteiger charge is -2.13. The minimum absolute atomic E-state index is 0.135. The van der Waals surface area contributed by atoms with Crippen molar-refractivity contribution in [1.82, 2.24) is 10.6 Å². The lowest BCUT2D eigenvalue weighted by molar-refractivity contribution is -0.121. The van der Waals surface area contributed by atoms with E-state index in [9.17, 15) is 4.79 Å². The summed E-state index contributed by atoms with van der Waals surface area (Å²) in [6.45, 7) is 1.66. The first kappa shape index (κ1) is 13.9. The van der Waals surface area contributed by atoms with Crippen molar-refractivity contribution in [1.29, 1.82) is 0 Å². The van der Waals surface area contributed by atoms with Crippen LogP contribution >= 0.6 is 0 Å². The second-order valence-corrected chi connectivity index (χ2v) is 5.34. The van der Waals surface area contributed by atoms with Crippen LogP contribution in [0, 0.1) is 0 Å². The van der Waals surface area contributed by atoms with Crippen molar-refractivity contribution >= 4 is 11.6 Å². The number of nitrogens with one attached hydrogen (secondary N) is 2. The zero-order valence-corrected chi connectivity index (χ0v) is 11.8. The summed E-state index contributed by atoms with van der Waals surface area (Å²) in [7, 11) is 4.04. The van der Waals surface area contributed by atoms with Gasteiger partial charge in [-0.15, -0.1) is 0 Å². The topological polar surface area (TPSA) is 44.4 Å². The molecule has 1 amide bonds. The fourth-order valence-electron chi connectivity index (χ4n) is 2.34. The molecule has 0 aliphatic carbocycles. The fourth-order valence-corrected chi connectivity index (χ4v) is 2.34. The Morgan fingerprint density at radius 2 is 2.11 bits per heavy atom. The van der Waals surface area contributed by atoms with E-state index in [1.54, 1.807) is 0 Å². The third-order valence-electron chi connectivity index (χ3n) is 3.54. The van der Waals surface area contributed by atoms with Crippen LogP contribution in [0.2, 0.25) is 0 Å². The quantitative estimate of drug-likeness (QED) is 0.844. The molecule has 0 aromatic heterocycles. The molecule has 1 heterocycles. The average molecular weight is 261 g/mol. The number of carbonyl (C=O) groups excluding carboxylic acids is 1. The minimum atomic E-state index is 0.135. The number of amides is 1. The summed E-state index contributed by atoms with van der Waals surface area (Å²) in [6, 6.07) is 8.63. The van der Waals surface area contributed by atoms with Crippen LogP contribution in [0.15, 0.2) is 24.3 Å². The Morgan fingerprint density at radius 1 is 1.37 bits per heavy atom. The second kappa shape index (κ2) is 6.57. The van der Waals surface area contributed by atoms with Crippen molar-refractivity contribution in [3.05, 3.63) is 29.8 Å². The summed E-state index contributed by atoms with van der Waals surface area (Å²) in [5.41, 5.74) is 2.31. The molecule has 1 aromatic carbocycles. The van der Waals surface area contributed by atoms with E-state index in [4.69, 9.17) is 0 Å². The molecular weight excluding hydrogens is 238 g/mol. The summed E-state index contributed by atoms with van der Waals surface area (Å²) in [5.74, 6) is 0.135. The van der Waals surface area contributed by atoms with Gasteiger partial charge in [-0.2, -0.15) is 0 Å². The lowest BCUT2D eigenvalue weighted by Crippen LogP contribution is -2.31. The number of hydrogen-bond donors (Lipinski definition) is 2. The van der Waals surface area contributed by atoms with E-state index in [0.717, 1.165) is 18.5 Å². The number of rotatable bonds is 5. The lowest BCUT2D eigenvalue weighted by atomic mass is 10.1. The van der Waals surface area contributed by atoms with Gasteiger partial charge in [0.05, 0.1) is 0 Å². The highest BCUT2D eigenvalue weighted by molar-refractivity contribution is 5.76. The van der Waals surface area contributed by atoms with Gasteiger partial charge in [0.2, 0.25) is 5.91 Å². The molecule has 1 unspecified atom stereocenters. The first-order valence-corrected chi connectivity index (χ1v) is 6.91. The second-order valence-electron chi connectivity index (χ2n) is 5.34. The van der Waals surface area contributed by atoms with Crippen molar-refractivity contribution in [2.75, 3.05) is 25.5 Å². The Balaban J connectivity index is 1.76. The van der Waals surface area contributed by atoms with E-state index in [1.165, 1.54) is 12.1 Å². The number of anilines is 1. The van der Waals surface area contributed by atoms with E-state index < -0.39 is 0 Å².